The minimum atomic E-state index is -0.111. The number of thiazole rings is 1. The van der Waals surface area contributed by atoms with E-state index in [0.29, 0.717) is 5.11 Å². The summed E-state index contributed by atoms with van der Waals surface area (Å²) in [5.41, 5.74) is 5.23. The van der Waals surface area contributed by atoms with Gasteiger partial charge >= 0.3 is 0 Å². The molecule has 1 N–H and O–H groups in total. The molecule has 1 aliphatic rings. The first-order chi connectivity index (χ1) is 17.1. The number of fused-ring (bicyclic) bond motifs is 1. The molecule has 4 heterocycles. The van der Waals surface area contributed by atoms with Gasteiger partial charge in [0.15, 0.2) is 10.2 Å². The Hall–Kier alpha value is -3.75. The maximum atomic E-state index is 5.90. The summed E-state index contributed by atoms with van der Waals surface area (Å²) in [6.45, 7) is 0. The van der Waals surface area contributed by atoms with Gasteiger partial charge in [-0.1, -0.05) is 29.5 Å². The predicted octanol–water partition coefficient (Wildman–Crippen LogP) is 5.73. The Morgan fingerprint density at radius 2 is 1.74 bits per heavy atom. The Balaban J connectivity index is 1.49. The predicted molar refractivity (Wildman–Crippen MR) is 148 cm³/mol. The summed E-state index contributed by atoms with van der Waals surface area (Å²) in [6, 6.07) is 26.8. The highest BCUT2D eigenvalue weighted by atomic mass is 32.1. The van der Waals surface area contributed by atoms with Crippen molar-refractivity contribution in [1.29, 1.82) is 0 Å². The van der Waals surface area contributed by atoms with E-state index in [9.17, 15) is 0 Å². The molecule has 2 aromatic carbocycles. The average molecular weight is 497 g/mol. The third-order valence-corrected chi connectivity index (χ3v) is 7.66. The molecule has 0 unspecified atom stereocenters. The van der Waals surface area contributed by atoms with E-state index < -0.39 is 0 Å². The van der Waals surface area contributed by atoms with Crippen LogP contribution in [-0.2, 0) is 0 Å². The molecule has 0 bridgehead atoms. The molecular weight excluding hydrogens is 472 g/mol. The van der Waals surface area contributed by atoms with Crippen molar-refractivity contribution in [3.05, 3.63) is 103 Å². The zero-order valence-electron chi connectivity index (χ0n) is 19.4. The molecule has 1 fully saturated rings. The lowest BCUT2D eigenvalue weighted by Crippen LogP contribution is -2.30. The Morgan fingerprint density at radius 1 is 0.943 bits per heavy atom. The molecule has 0 amide bonds. The molecule has 0 saturated carbocycles. The fourth-order valence-electron chi connectivity index (χ4n) is 4.62. The second kappa shape index (κ2) is 8.79. The Kier molecular flexibility index (Phi) is 5.47. The van der Waals surface area contributed by atoms with Crippen LogP contribution in [-0.4, -0.2) is 33.7 Å². The lowest BCUT2D eigenvalue weighted by molar-refractivity contribution is 0.549. The monoisotopic (exact) mass is 496 g/mol. The topological polar surface area (TPSA) is 49.2 Å². The highest BCUT2D eigenvalue weighted by molar-refractivity contribution is 7.80. The van der Waals surface area contributed by atoms with Gasteiger partial charge in [-0.25, -0.2) is 4.98 Å². The third-order valence-electron chi connectivity index (χ3n) is 6.31. The molecule has 3 aromatic heterocycles. The lowest BCUT2D eigenvalue weighted by Gasteiger charge is -2.29. The Morgan fingerprint density at radius 3 is 2.49 bits per heavy atom. The summed E-state index contributed by atoms with van der Waals surface area (Å²) in [6.07, 6.45) is 3.91. The number of hydrogen-bond acceptors (Lipinski definition) is 5. The lowest BCUT2D eigenvalue weighted by atomic mass is 10.0. The minimum Gasteiger partial charge on any atom is -0.378 e. The van der Waals surface area contributed by atoms with E-state index in [-0.39, 0.29) is 12.1 Å². The molecule has 1 aliphatic heterocycles. The number of benzene rings is 2. The second-order valence-electron chi connectivity index (χ2n) is 8.67. The van der Waals surface area contributed by atoms with E-state index in [1.54, 1.807) is 11.3 Å². The maximum absolute atomic E-state index is 5.90. The molecule has 35 heavy (non-hydrogen) atoms. The van der Waals surface area contributed by atoms with Crippen molar-refractivity contribution < 1.29 is 0 Å². The summed E-state index contributed by atoms with van der Waals surface area (Å²) in [7, 11) is 4.09. The van der Waals surface area contributed by atoms with Gasteiger partial charge in [0.05, 0.1) is 27.6 Å². The summed E-state index contributed by atoms with van der Waals surface area (Å²) < 4.78 is 3.35. The Labute approximate surface area is 213 Å². The molecule has 5 aromatic rings. The number of nitrogens with zero attached hydrogens (tertiary/aromatic N) is 5. The first-order valence-electron chi connectivity index (χ1n) is 11.4. The highest BCUT2D eigenvalue weighted by Crippen LogP contribution is 2.43. The van der Waals surface area contributed by atoms with E-state index in [4.69, 9.17) is 17.2 Å². The van der Waals surface area contributed by atoms with Crippen molar-refractivity contribution in [2.75, 3.05) is 23.9 Å². The van der Waals surface area contributed by atoms with E-state index >= 15 is 0 Å². The van der Waals surface area contributed by atoms with Crippen LogP contribution in [0.4, 0.5) is 11.4 Å². The molecular formula is C27H24N6S2. The number of para-hydroxylation sites is 1. The van der Waals surface area contributed by atoms with Gasteiger partial charge in [-0.2, -0.15) is 0 Å². The first kappa shape index (κ1) is 21.8. The fraction of sp³-hybridized carbons (Fsp3) is 0.148. The van der Waals surface area contributed by atoms with Gasteiger partial charge in [-0.3, -0.25) is 9.55 Å². The summed E-state index contributed by atoms with van der Waals surface area (Å²) >= 11 is 7.59. The van der Waals surface area contributed by atoms with Crippen LogP contribution in [0, 0.1) is 0 Å². The molecule has 6 rings (SSSR count). The summed E-state index contributed by atoms with van der Waals surface area (Å²) in [5.74, 6) is 0. The molecule has 0 aliphatic carbocycles. The van der Waals surface area contributed by atoms with Crippen LogP contribution >= 0.6 is 23.6 Å². The maximum Gasteiger partial charge on any atom is 0.194 e. The van der Waals surface area contributed by atoms with E-state index in [2.05, 4.69) is 91.5 Å². The smallest absolute Gasteiger partial charge is 0.194 e. The largest absolute Gasteiger partial charge is 0.378 e. The molecule has 2 atom stereocenters. The van der Waals surface area contributed by atoms with Gasteiger partial charge in [0.2, 0.25) is 0 Å². The number of aromatic nitrogens is 3. The molecule has 6 nitrogen and oxygen atoms in total. The standard InChI is InChI=1S/C27H24N6S2/c1-31(2)18-12-14-19(15-13-18)33-25(24(30-26(33)34)21-9-5-6-16-28-21)22-10-7-17-32(22)27-29-20-8-3-4-11-23(20)35-27/h3-17,24-25H,1-2H3,(H,30,34)/t24-,25+/m0/s1. The van der Waals surface area contributed by atoms with Gasteiger partial charge in [-0.05, 0) is 72.9 Å². The van der Waals surface area contributed by atoms with E-state index in [1.165, 1.54) is 4.70 Å². The van der Waals surface area contributed by atoms with Crippen LogP contribution < -0.4 is 15.1 Å². The minimum absolute atomic E-state index is 0.107. The first-order valence-corrected chi connectivity index (χ1v) is 12.6. The Bertz CT molecular complexity index is 1460. The number of anilines is 2. The fourth-order valence-corrected chi connectivity index (χ4v) is 5.93. The molecule has 174 valence electrons. The van der Waals surface area contributed by atoms with Crippen molar-refractivity contribution in [3.8, 4) is 5.13 Å². The number of thiocarbonyl (C=S) groups is 1. The van der Waals surface area contributed by atoms with Crippen molar-refractivity contribution in [3.63, 3.8) is 0 Å². The van der Waals surface area contributed by atoms with Crippen LogP contribution in [0.25, 0.3) is 15.3 Å². The van der Waals surface area contributed by atoms with Crippen LogP contribution in [0.5, 0.6) is 0 Å². The molecule has 0 radical (unpaired) electrons. The summed E-state index contributed by atoms with van der Waals surface area (Å²) in [4.78, 5) is 13.9. The van der Waals surface area contributed by atoms with Gasteiger partial charge in [0, 0.05) is 37.9 Å². The molecule has 0 spiro atoms. The summed E-state index contributed by atoms with van der Waals surface area (Å²) in [5, 5.41) is 5.17. The quantitative estimate of drug-likeness (QED) is 0.314. The van der Waals surface area contributed by atoms with Crippen molar-refractivity contribution in [1.82, 2.24) is 19.9 Å². The van der Waals surface area contributed by atoms with Gasteiger partial charge in [0.1, 0.15) is 6.04 Å². The van der Waals surface area contributed by atoms with Crippen molar-refractivity contribution in [2.45, 2.75) is 12.1 Å². The molecule has 1 saturated heterocycles. The number of nitrogens with one attached hydrogen (secondary N) is 1. The zero-order chi connectivity index (χ0) is 23.9. The van der Waals surface area contributed by atoms with Gasteiger partial charge in [-0.15, -0.1) is 0 Å². The number of pyridine rings is 1. The average Bonchev–Trinajstić information content (AvgIpc) is 3.60. The number of rotatable bonds is 5. The van der Waals surface area contributed by atoms with Crippen molar-refractivity contribution in [2.24, 2.45) is 0 Å². The van der Waals surface area contributed by atoms with Crippen LogP contribution in [0.1, 0.15) is 23.5 Å². The zero-order valence-corrected chi connectivity index (χ0v) is 21.0. The van der Waals surface area contributed by atoms with Crippen LogP contribution in [0.15, 0.2) is 91.3 Å². The number of hydrogen-bond donors (Lipinski definition) is 1. The second-order valence-corrected chi connectivity index (χ2v) is 10.1. The van der Waals surface area contributed by atoms with Crippen LogP contribution in [0.2, 0.25) is 0 Å². The molecule has 8 heteroatoms. The van der Waals surface area contributed by atoms with E-state index in [1.807, 2.05) is 38.5 Å². The van der Waals surface area contributed by atoms with Gasteiger partial charge < -0.3 is 15.1 Å². The highest BCUT2D eigenvalue weighted by Gasteiger charge is 2.42. The normalized spacial score (nSPS) is 17.7. The van der Waals surface area contributed by atoms with Crippen molar-refractivity contribution >= 4 is 50.3 Å². The van der Waals surface area contributed by atoms with E-state index in [0.717, 1.165) is 33.4 Å². The third kappa shape index (κ3) is 3.84. The SMILES string of the molecule is CN(C)c1ccc(N2C(=S)N[C@@H](c3ccccn3)[C@H]2c2cccn2-c2nc3ccccc3s2)cc1. The van der Waals surface area contributed by atoms with Crippen LogP contribution in [0.3, 0.4) is 0 Å². The van der Waals surface area contributed by atoms with Gasteiger partial charge in [0.25, 0.3) is 0 Å².